The smallest absolute Gasteiger partial charge is 0.326 e. The molecule has 0 bridgehead atoms. The van der Waals surface area contributed by atoms with Crippen molar-refractivity contribution >= 4 is 12.0 Å². The van der Waals surface area contributed by atoms with E-state index >= 15 is 0 Å². The number of amides is 2. The fourth-order valence-electron chi connectivity index (χ4n) is 1.69. The van der Waals surface area contributed by atoms with Crippen LogP contribution in [0.2, 0.25) is 0 Å². The summed E-state index contributed by atoms with van der Waals surface area (Å²) in [5, 5.41) is 18.3. The molecule has 0 radical (unpaired) electrons. The molecule has 2 amide bonds. The molecular weight excluding hydrogens is 260 g/mol. The maximum absolute atomic E-state index is 11.6. The summed E-state index contributed by atoms with van der Waals surface area (Å²) in [5.74, 6) is -1.02. The van der Waals surface area contributed by atoms with E-state index in [1.165, 1.54) is 0 Å². The van der Waals surface area contributed by atoms with Crippen molar-refractivity contribution < 1.29 is 14.7 Å². The maximum Gasteiger partial charge on any atom is 0.326 e. The van der Waals surface area contributed by atoms with E-state index in [2.05, 4.69) is 15.7 Å². The third-order valence-corrected chi connectivity index (χ3v) is 2.80. The molecule has 1 aromatic heterocycles. The Morgan fingerprint density at radius 3 is 2.65 bits per heavy atom. The number of rotatable bonds is 7. The molecule has 0 saturated heterocycles. The van der Waals surface area contributed by atoms with Crippen molar-refractivity contribution in [2.24, 2.45) is 0 Å². The van der Waals surface area contributed by atoms with Crippen LogP contribution < -0.4 is 10.6 Å². The number of carbonyl (C=O) groups excluding carboxylic acids is 1. The highest BCUT2D eigenvalue weighted by Crippen LogP contribution is 2.03. The van der Waals surface area contributed by atoms with Gasteiger partial charge in [0.05, 0.1) is 12.2 Å². The van der Waals surface area contributed by atoms with Crippen molar-refractivity contribution in [3.8, 4) is 0 Å². The van der Waals surface area contributed by atoms with Gasteiger partial charge in [-0.3, -0.25) is 4.68 Å². The normalized spacial score (nSPS) is 12.2. The van der Waals surface area contributed by atoms with Gasteiger partial charge in [0.15, 0.2) is 0 Å². The van der Waals surface area contributed by atoms with Gasteiger partial charge in [0, 0.05) is 12.2 Å². The first-order valence-electron chi connectivity index (χ1n) is 6.75. The molecule has 0 aliphatic carbocycles. The van der Waals surface area contributed by atoms with Crippen LogP contribution in [-0.4, -0.2) is 32.9 Å². The number of hydrogen-bond donors (Lipinski definition) is 3. The van der Waals surface area contributed by atoms with Crippen LogP contribution in [0.3, 0.4) is 0 Å². The molecule has 1 atom stereocenters. The van der Waals surface area contributed by atoms with Crippen LogP contribution >= 0.6 is 0 Å². The van der Waals surface area contributed by atoms with Gasteiger partial charge in [0.1, 0.15) is 6.04 Å². The zero-order valence-electron chi connectivity index (χ0n) is 12.1. The van der Waals surface area contributed by atoms with Crippen LogP contribution in [0.15, 0.2) is 12.3 Å². The summed E-state index contributed by atoms with van der Waals surface area (Å²) in [6, 6.07) is 0.734. The number of carbonyl (C=O) groups is 2. The molecule has 0 aliphatic heterocycles. The molecule has 1 rings (SSSR count). The highest BCUT2D eigenvalue weighted by atomic mass is 16.4. The molecule has 0 aliphatic rings. The van der Waals surface area contributed by atoms with Crippen LogP contribution in [0.4, 0.5) is 4.79 Å². The summed E-state index contributed by atoms with van der Waals surface area (Å²) in [6.45, 7) is 6.16. The number of urea groups is 1. The number of hydrogen-bond acceptors (Lipinski definition) is 3. The number of nitrogens with one attached hydrogen (secondary N) is 2. The second-order valence-electron chi connectivity index (χ2n) is 4.89. The lowest BCUT2D eigenvalue weighted by Crippen LogP contribution is -2.45. The van der Waals surface area contributed by atoms with Crippen LogP contribution in [0, 0.1) is 0 Å². The molecule has 1 unspecified atom stereocenters. The fraction of sp³-hybridized carbons (Fsp3) is 0.615. The van der Waals surface area contributed by atoms with Gasteiger partial charge < -0.3 is 15.7 Å². The Labute approximate surface area is 118 Å². The summed E-state index contributed by atoms with van der Waals surface area (Å²) in [7, 11) is 0. The van der Waals surface area contributed by atoms with Gasteiger partial charge in [-0.1, -0.05) is 13.3 Å². The lowest BCUT2D eigenvalue weighted by atomic mass is 10.2. The molecule has 0 spiro atoms. The van der Waals surface area contributed by atoms with Crippen LogP contribution in [0.5, 0.6) is 0 Å². The van der Waals surface area contributed by atoms with Gasteiger partial charge in [0.25, 0.3) is 0 Å². The van der Waals surface area contributed by atoms with E-state index in [-0.39, 0.29) is 12.6 Å². The van der Waals surface area contributed by atoms with E-state index in [4.69, 9.17) is 5.11 Å². The third kappa shape index (κ3) is 4.91. The van der Waals surface area contributed by atoms with E-state index in [1.807, 2.05) is 33.0 Å². The molecule has 1 heterocycles. The van der Waals surface area contributed by atoms with Crippen molar-refractivity contribution in [2.45, 2.75) is 52.2 Å². The second kappa shape index (κ2) is 7.52. The van der Waals surface area contributed by atoms with E-state index in [0.717, 1.165) is 5.69 Å². The van der Waals surface area contributed by atoms with E-state index in [0.29, 0.717) is 12.8 Å². The monoisotopic (exact) mass is 282 g/mol. The summed E-state index contributed by atoms with van der Waals surface area (Å²) in [6.07, 6.45) is 2.94. The summed E-state index contributed by atoms with van der Waals surface area (Å²) in [4.78, 5) is 22.5. The molecule has 7 heteroatoms. The number of aromatic nitrogens is 2. The predicted octanol–water partition coefficient (Wildman–Crippen LogP) is 1.52. The summed E-state index contributed by atoms with van der Waals surface area (Å²) >= 11 is 0. The lowest BCUT2D eigenvalue weighted by molar-refractivity contribution is -0.139. The van der Waals surface area contributed by atoms with Gasteiger partial charge in [0.2, 0.25) is 0 Å². The van der Waals surface area contributed by atoms with Gasteiger partial charge >= 0.3 is 12.0 Å². The molecule has 3 N–H and O–H groups in total. The SMILES string of the molecule is CCCC(NC(=O)NCc1ccn(C(C)C)n1)C(=O)O. The predicted molar refractivity (Wildman–Crippen MR) is 74.3 cm³/mol. The highest BCUT2D eigenvalue weighted by molar-refractivity contribution is 5.82. The number of nitrogens with zero attached hydrogens (tertiary/aromatic N) is 2. The van der Waals surface area contributed by atoms with E-state index < -0.39 is 18.0 Å². The Morgan fingerprint density at radius 2 is 2.15 bits per heavy atom. The topological polar surface area (TPSA) is 96.3 Å². The van der Waals surface area contributed by atoms with Crippen molar-refractivity contribution in [1.29, 1.82) is 0 Å². The number of aliphatic carboxylic acids is 1. The molecular formula is C13H22N4O3. The Hall–Kier alpha value is -2.05. The Bertz CT molecular complexity index is 456. The molecule has 0 aromatic carbocycles. The number of carboxylic acid groups (broad SMARTS) is 1. The Morgan fingerprint density at radius 1 is 1.45 bits per heavy atom. The van der Waals surface area contributed by atoms with Gasteiger partial charge in [-0.05, 0) is 26.3 Å². The zero-order valence-corrected chi connectivity index (χ0v) is 12.1. The standard InChI is InChI=1S/C13H22N4O3/c1-4-5-11(12(18)19)15-13(20)14-8-10-6-7-17(16-10)9(2)3/h6-7,9,11H,4-5,8H2,1-3H3,(H,18,19)(H2,14,15,20). The Balaban J connectivity index is 2.43. The van der Waals surface area contributed by atoms with Crippen molar-refractivity contribution in [1.82, 2.24) is 20.4 Å². The average molecular weight is 282 g/mol. The number of carboxylic acids is 1. The molecule has 1 aromatic rings. The molecule has 0 fully saturated rings. The second-order valence-corrected chi connectivity index (χ2v) is 4.89. The van der Waals surface area contributed by atoms with E-state index in [9.17, 15) is 9.59 Å². The minimum atomic E-state index is -1.02. The highest BCUT2D eigenvalue weighted by Gasteiger charge is 2.18. The molecule has 0 saturated carbocycles. The van der Waals surface area contributed by atoms with Crippen LogP contribution in [0.1, 0.15) is 45.3 Å². The van der Waals surface area contributed by atoms with Gasteiger partial charge in [-0.15, -0.1) is 0 Å². The minimum absolute atomic E-state index is 0.263. The van der Waals surface area contributed by atoms with Crippen LogP contribution in [-0.2, 0) is 11.3 Å². The zero-order chi connectivity index (χ0) is 15.1. The first-order valence-corrected chi connectivity index (χ1v) is 6.75. The van der Waals surface area contributed by atoms with Gasteiger partial charge in [-0.2, -0.15) is 5.10 Å². The maximum atomic E-state index is 11.6. The minimum Gasteiger partial charge on any atom is -0.480 e. The lowest BCUT2D eigenvalue weighted by Gasteiger charge is -2.13. The molecule has 20 heavy (non-hydrogen) atoms. The quantitative estimate of drug-likeness (QED) is 0.706. The first-order chi connectivity index (χ1) is 9.43. The summed E-state index contributed by atoms with van der Waals surface area (Å²) in [5.41, 5.74) is 0.733. The van der Waals surface area contributed by atoms with E-state index in [1.54, 1.807) is 4.68 Å². The Kier molecular flexibility index (Phi) is 6.02. The van der Waals surface area contributed by atoms with Crippen molar-refractivity contribution in [3.63, 3.8) is 0 Å². The van der Waals surface area contributed by atoms with Crippen molar-refractivity contribution in [2.75, 3.05) is 0 Å². The first kappa shape index (κ1) is 16.0. The molecule has 7 nitrogen and oxygen atoms in total. The largest absolute Gasteiger partial charge is 0.480 e. The fourth-order valence-corrected chi connectivity index (χ4v) is 1.69. The average Bonchev–Trinajstić information content (AvgIpc) is 2.84. The summed E-state index contributed by atoms with van der Waals surface area (Å²) < 4.78 is 1.80. The van der Waals surface area contributed by atoms with Crippen molar-refractivity contribution in [3.05, 3.63) is 18.0 Å². The van der Waals surface area contributed by atoms with Gasteiger partial charge in [-0.25, -0.2) is 9.59 Å². The van der Waals surface area contributed by atoms with Crippen LogP contribution in [0.25, 0.3) is 0 Å². The molecule has 112 valence electrons. The third-order valence-electron chi connectivity index (χ3n) is 2.80.